The molecule has 1 amide bonds. The van der Waals surface area contributed by atoms with Gasteiger partial charge < -0.3 is 20.4 Å². The highest BCUT2D eigenvalue weighted by Gasteiger charge is 2.24. The molecule has 3 N–H and O–H groups in total. The summed E-state index contributed by atoms with van der Waals surface area (Å²) in [6.07, 6.45) is 2.68. The van der Waals surface area contributed by atoms with Crippen molar-refractivity contribution in [1.29, 1.82) is 0 Å². The van der Waals surface area contributed by atoms with Gasteiger partial charge in [0.1, 0.15) is 17.1 Å². The number of aryl methyl sites for hydroxylation is 1. The number of hydrogen-bond donors (Lipinski definition) is 3. The van der Waals surface area contributed by atoms with Gasteiger partial charge in [-0.15, -0.1) is 0 Å². The standard InChI is InChI=1S/C27H29ClN6O2/c1-17-3-5-18(6-4-17)14-34-12-11-20(15-34)31-24-22(28)13-30-27-25(24)32-26(33-27)19-7-9-21(10-8-19)36-16-23(35)29-2/h3-10,13,20H,11-12,14-16H2,1-2H3,(H,29,35)(H2,30,31,32,33). The molecule has 1 unspecified atom stereocenters. The number of hydrogen-bond acceptors (Lipinski definition) is 6. The Morgan fingerprint density at radius 1 is 1.19 bits per heavy atom. The summed E-state index contributed by atoms with van der Waals surface area (Å²) in [5, 5.41) is 6.71. The molecule has 2 aromatic carbocycles. The molecule has 1 saturated heterocycles. The van der Waals surface area contributed by atoms with Crippen LogP contribution in [0.2, 0.25) is 5.02 Å². The third-order valence-corrected chi connectivity index (χ3v) is 6.68. The van der Waals surface area contributed by atoms with Crippen molar-refractivity contribution in [2.45, 2.75) is 25.9 Å². The van der Waals surface area contributed by atoms with E-state index in [0.717, 1.165) is 42.8 Å². The quantitative estimate of drug-likeness (QED) is 0.329. The maximum atomic E-state index is 11.4. The van der Waals surface area contributed by atoms with Crippen LogP contribution >= 0.6 is 11.6 Å². The van der Waals surface area contributed by atoms with E-state index in [-0.39, 0.29) is 18.6 Å². The van der Waals surface area contributed by atoms with E-state index in [1.807, 2.05) is 24.3 Å². The second-order valence-corrected chi connectivity index (χ2v) is 9.51. The number of rotatable bonds is 8. The number of halogens is 1. The van der Waals surface area contributed by atoms with Crippen molar-refractivity contribution in [2.24, 2.45) is 0 Å². The highest BCUT2D eigenvalue weighted by molar-refractivity contribution is 6.34. The average molecular weight is 505 g/mol. The molecule has 4 aromatic rings. The number of benzene rings is 2. The number of pyridine rings is 1. The summed E-state index contributed by atoms with van der Waals surface area (Å²) in [5.74, 6) is 1.12. The van der Waals surface area contributed by atoms with Crippen molar-refractivity contribution in [2.75, 3.05) is 32.1 Å². The van der Waals surface area contributed by atoms with Gasteiger partial charge in [0.15, 0.2) is 12.3 Å². The maximum Gasteiger partial charge on any atom is 0.257 e. The molecular weight excluding hydrogens is 476 g/mol. The molecule has 36 heavy (non-hydrogen) atoms. The Balaban J connectivity index is 1.29. The van der Waals surface area contributed by atoms with Gasteiger partial charge in [0.05, 0.1) is 16.9 Å². The van der Waals surface area contributed by atoms with Crippen LogP contribution in [-0.2, 0) is 11.3 Å². The summed E-state index contributed by atoms with van der Waals surface area (Å²) in [4.78, 5) is 26.4. The van der Waals surface area contributed by atoms with Gasteiger partial charge in [-0.25, -0.2) is 9.97 Å². The van der Waals surface area contributed by atoms with Crippen LogP contribution in [0.3, 0.4) is 0 Å². The maximum absolute atomic E-state index is 11.4. The van der Waals surface area contributed by atoms with Crippen LogP contribution in [0.1, 0.15) is 17.5 Å². The number of ether oxygens (including phenoxy) is 1. The highest BCUT2D eigenvalue weighted by Crippen LogP contribution is 2.32. The molecule has 0 saturated carbocycles. The summed E-state index contributed by atoms with van der Waals surface area (Å²) in [6, 6.07) is 16.4. The number of imidazole rings is 1. The zero-order valence-electron chi connectivity index (χ0n) is 20.3. The van der Waals surface area contributed by atoms with Crippen LogP contribution in [0, 0.1) is 6.92 Å². The van der Waals surface area contributed by atoms with Gasteiger partial charge in [0.2, 0.25) is 0 Å². The lowest BCUT2D eigenvalue weighted by atomic mass is 10.1. The Morgan fingerprint density at radius 2 is 1.97 bits per heavy atom. The summed E-state index contributed by atoms with van der Waals surface area (Å²) in [5.41, 5.74) is 5.68. The number of nitrogens with one attached hydrogen (secondary N) is 3. The lowest BCUT2D eigenvalue weighted by Gasteiger charge is -2.18. The summed E-state index contributed by atoms with van der Waals surface area (Å²) in [7, 11) is 1.58. The molecule has 1 aliphatic heterocycles. The fourth-order valence-corrected chi connectivity index (χ4v) is 4.58. The van der Waals surface area contributed by atoms with Gasteiger partial charge in [-0.2, -0.15) is 0 Å². The van der Waals surface area contributed by atoms with E-state index in [1.54, 1.807) is 13.2 Å². The minimum absolute atomic E-state index is 0.0262. The smallest absolute Gasteiger partial charge is 0.257 e. The number of aromatic nitrogens is 3. The number of carbonyl (C=O) groups excluding carboxylic acids is 1. The number of carbonyl (C=O) groups is 1. The predicted molar refractivity (Wildman–Crippen MR) is 142 cm³/mol. The minimum Gasteiger partial charge on any atom is -0.484 e. The Labute approximate surface area is 215 Å². The van der Waals surface area contributed by atoms with E-state index in [0.29, 0.717) is 22.2 Å². The Hall–Kier alpha value is -3.62. The average Bonchev–Trinajstić information content (AvgIpc) is 3.53. The van der Waals surface area contributed by atoms with E-state index in [1.165, 1.54) is 11.1 Å². The molecule has 1 atom stereocenters. The van der Waals surface area contributed by atoms with Crippen LogP contribution in [0.4, 0.5) is 5.69 Å². The van der Waals surface area contributed by atoms with Crippen LogP contribution in [0.15, 0.2) is 54.7 Å². The Morgan fingerprint density at radius 3 is 2.72 bits per heavy atom. The normalized spacial score (nSPS) is 15.8. The minimum atomic E-state index is -0.181. The van der Waals surface area contributed by atoms with Gasteiger partial charge in [-0.05, 0) is 43.2 Å². The largest absolute Gasteiger partial charge is 0.484 e. The Bertz CT molecular complexity index is 1350. The second kappa shape index (κ2) is 10.6. The molecule has 9 heteroatoms. The first-order chi connectivity index (χ1) is 17.5. The van der Waals surface area contributed by atoms with E-state index in [2.05, 4.69) is 56.7 Å². The van der Waals surface area contributed by atoms with Crippen LogP contribution < -0.4 is 15.4 Å². The molecule has 2 aromatic heterocycles. The number of fused-ring (bicyclic) bond motifs is 1. The van der Waals surface area contributed by atoms with E-state index >= 15 is 0 Å². The van der Waals surface area contributed by atoms with E-state index in [4.69, 9.17) is 21.3 Å². The summed E-state index contributed by atoms with van der Waals surface area (Å²) < 4.78 is 5.48. The van der Waals surface area contributed by atoms with E-state index < -0.39 is 0 Å². The molecule has 0 aliphatic carbocycles. The summed E-state index contributed by atoms with van der Waals surface area (Å²) in [6.45, 7) is 4.98. The van der Waals surface area contributed by atoms with Gasteiger partial charge in [-0.3, -0.25) is 9.69 Å². The molecular formula is C27H29ClN6O2. The lowest BCUT2D eigenvalue weighted by Crippen LogP contribution is -2.26. The first kappa shape index (κ1) is 24.1. The number of amides is 1. The first-order valence-electron chi connectivity index (χ1n) is 12.0. The molecule has 8 nitrogen and oxygen atoms in total. The van der Waals surface area contributed by atoms with Gasteiger partial charge in [0, 0.05) is 38.3 Å². The molecule has 5 rings (SSSR count). The monoisotopic (exact) mass is 504 g/mol. The van der Waals surface area contributed by atoms with Crippen LogP contribution in [0.25, 0.3) is 22.6 Å². The fraction of sp³-hybridized carbons (Fsp3) is 0.296. The van der Waals surface area contributed by atoms with Crippen LogP contribution in [-0.4, -0.2) is 58.5 Å². The third kappa shape index (κ3) is 5.45. The van der Waals surface area contributed by atoms with Crippen molar-refractivity contribution < 1.29 is 9.53 Å². The second-order valence-electron chi connectivity index (χ2n) is 9.10. The number of nitrogens with zero attached hydrogens (tertiary/aromatic N) is 3. The SMILES string of the molecule is CNC(=O)COc1ccc(-c2nc3c(NC4CCN(Cc5ccc(C)cc5)C4)c(Cl)cnc3[nH]2)cc1. The Kier molecular flexibility index (Phi) is 7.06. The molecule has 186 valence electrons. The molecule has 1 aliphatic rings. The lowest BCUT2D eigenvalue weighted by molar-refractivity contribution is -0.122. The zero-order chi connectivity index (χ0) is 25.1. The van der Waals surface area contributed by atoms with E-state index in [9.17, 15) is 4.79 Å². The number of anilines is 1. The van der Waals surface area contributed by atoms with Crippen LogP contribution in [0.5, 0.6) is 5.75 Å². The van der Waals surface area contributed by atoms with Gasteiger partial charge in [-0.1, -0.05) is 41.4 Å². The van der Waals surface area contributed by atoms with Gasteiger partial charge in [0.25, 0.3) is 5.91 Å². The molecule has 3 heterocycles. The van der Waals surface area contributed by atoms with Crippen molar-refractivity contribution >= 4 is 34.4 Å². The number of H-pyrrole nitrogens is 1. The molecule has 0 spiro atoms. The number of likely N-dealkylation sites (N-methyl/N-ethyl adjacent to an activating group) is 1. The topological polar surface area (TPSA) is 95.2 Å². The zero-order valence-corrected chi connectivity index (χ0v) is 21.1. The molecule has 0 radical (unpaired) electrons. The third-order valence-electron chi connectivity index (χ3n) is 6.39. The number of likely N-dealkylation sites (tertiary alicyclic amines) is 1. The molecule has 1 fully saturated rings. The van der Waals surface area contributed by atoms with Crippen molar-refractivity contribution in [3.8, 4) is 17.1 Å². The predicted octanol–water partition coefficient (Wildman–Crippen LogP) is 4.40. The van der Waals surface area contributed by atoms with Crippen molar-refractivity contribution in [3.05, 3.63) is 70.9 Å². The number of aromatic amines is 1. The fourth-order valence-electron chi connectivity index (χ4n) is 4.38. The summed E-state index contributed by atoms with van der Waals surface area (Å²) >= 11 is 6.57. The molecule has 0 bridgehead atoms. The highest BCUT2D eigenvalue weighted by atomic mass is 35.5. The van der Waals surface area contributed by atoms with Crippen molar-refractivity contribution in [1.82, 2.24) is 25.2 Å². The van der Waals surface area contributed by atoms with Crippen molar-refractivity contribution in [3.63, 3.8) is 0 Å². The van der Waals surface area contributed by atoms with Gasteiger partial charge >= 0.3 is 0 Å². The first-order valence-corrected chi connectivity index (χ1v) is 12.4.